The van der Waals surface area contributed by atoms with Gasteiger partial charge in [0.25, 0.3) is 5.79 Å². The Morgan fingerprint density at radius 2 is 1.10 bits per heavy atom. The molecule has 156 valence electrons. The highest BCUT2D eigenvalue weighted by atomic mass is 16.7. The maximum absolute atomic E-state index is 12.8. The molecule has 29 heavy (non-hydrogen) atoms. The van der Waals surface area contributed by atoms with Crippen molar-refractivity contribution in [1.29, 1.82) is 0 Å². The van der Waals surface area contributed by atoms with Crippen LogP contribution in [0.3, 0.4) is 0 Å². The van der Waals surface area contributed by atoms with Gasteiger partial charge in [0.05, 0.1) is 11.1 Å². The maximum atomic E-state index is 12.8. The van der Waals surface area contributed by atoms with Crippen molar-refractivity contribution in [2.24, 2.45) is 0 Å². The summed E-state index contributed by atoms with van der Waals surface area (Å²) in [5.41, 5.74) is 0.912. The Balaban J connectivity index is 2.25. The van der Waals surface area contributed by atoms with E-state index in [9.17, 15) is 9.59 Å². The molecule has 0 aliphatic rings. The summed E-state index contributed by atoms with van der Waals surface area (Å²) < 4.78 is 11.8. The van der Waals surface area contributed by atoms with Crippen LogP contribution in [0.2, 0.25) is 0 Å². The fourth-order valence-corrected chi connectivity index (χ4v) is 3.22. The maximum Gasteiger partial charge on any atom is 0.341 e. The molecule has 0 spiro atoms. The summed E-state index contributed by atoms with van der Waals surface area (Å²) in [6.45, 7) is 4.22. The number of esters is 2. The summed E-state index contributed by atoms with van der Waals surface area (Å²) in [6, 6.07) is 17.7. The van der Waals surface area contributed by atoms with Crippen LogP contribution in [0.25, 0.3) is 0 Å². The Kier molecular flexibility index (Phi) is 9.42. The molecule has 2 rings (SSSR count). The molecule has 0 saturated heterocycles. The number of carbonyl (C=O) groups excluding carboxylic acids is 2. The molecule has 0 aliphatic carbocycles. The van der Waals surface area contributed by atoms with Crippen LogP contribution in [0.15, 0.2) is 60.7 Å². The highest BCUT2D eigenvalue weighted by Gasteiger charge is 2.38. The van der Waals surface area contributed by atoms with E-state index in [1.54, 1.807) is 48.5 Å². The van der Waals surface area contributed by atoms with Crippen molar-refractivity contribution in [2.75, 3.05) is 0 Å². The van der Waals surface area contributed by atoms with E-state index in [2.05, 4.69) is 13.8 Å². The van der Waals surface area contributed by atoms with E-state index in [-0.39, 0.29) is 0 Å². The first-order chi connectivity index (χ1) is 14.1. The first kappa shape index (κ1) is 22.7. The molecule has 0 N–H and O–H groups in total. The molecule has 0 amide bonds. The van der Waals surface area contributed by atoms with Gasteiger partial charge in [0.2, 0.25) is 0 Å². The summed E-state index contributed by atoms with van der Waals surface area (Å²) in [7, 11) is 0. The average molecular weight is 397 g/mol. The fraction of sp³-hybridized carbons (Fsp3) is 0.440. The quantitative estimate of drug-likeness (QED) is 0.232. The normalized spacial score (nSPS) is 11.1. The summed E-state index contributed by atoms with van der Waals surface area (Å²) in [6.07, 6.45) is 6.77. The Morgan fingerprint density at radius 1 is 0.655 bits per heavy atom. The largest absolute Gasteiger partial charge is 0.419 e. The van der Waals surface area contributed by atoms with Crippen molar-refractivity contribution < 1.29 is 19.1 Å². The first-order valence-corrected chi connectivity index (χ1v) is 10.7. The lowest BCUT2D eigenvalue weighted by molar-refractivity contribution is -0.179. The van der Waals surface area contributed by atoms with E-state index in [1.807, 2.05) is 12.1 Å². The topological polar surface area (TPSA) is 52.6 Å². The third-order valence-electron chi connectivity index (χ3n) is 4.90. The van der Waals surface area contributed by atoms with Gasteiger partial charge in [-0.05, 0) is 37.1 Å². The Morgan fingerprint density at radius 3 is 1.55 bits per heavy atom. The minimum absolute atomic E-state index is 0.456. The van der Waals surface area contributed by atoms with E-state index in [0.717, 1.165) is 38.5 Å². The Labute approximate surface area is 174 Å². The van der Waals surface area contributed by atoms with Gasteiger partial charge in [0.1, 0.15) is 0 Å². The molecule has 0 aliphatic heterocycles. The number of unbranched alkanes of at least 4 members (excludes halogenated alkanes) is 4. The smallest absolute Gasteiger partial charge is 0.341 e. The fourth-order valence-electron chi connectivity index (χ4n) is 3.22. The van der Waals surface area contributed by atoms with Crippen molar-refractivity contribution in [3.63, 3.8) is 0 Å². The van der Waals surface area contributed by atoms with Gasteiger partial charge in [0.15, 0.2) is 0 Å². The van der Waals surface area contributed by atoms with Gasteiger partial charge in [-0.25, -0.2) is 9.59 Å². The van der Waals surface area contributed by atoms with Crippen LogP contribution in [0.5, 0.6) is 0 Å². The predicted octanol–water partition coefficient (Wildman–Crippen LogP) is 6.56. The minimum Gasteiger partial charge on any atom is -0.419 e. The highest BCUT2D eigenvalue weighted by molar-refractivity contribution is 5.91. The van der Waals surface area contributed by atoms with Crippen LogP contribution in [0.4, 0.5) is 0 Å². The van der Waals surface area contributed by atoms with Gasteiger partial charge < -0.3 is 9.47 Å². The van der Waals surface area contributed by atoms with Crippen LogP contribution < -0.4 is 0 Å². The molecule has 2 aromatic carbocycles. The number of benzene rings is 2. The molecule has 0 radical (unpaired) electrons. The van der Waals surface area contributed by atoms with Crippen LogP contribution in [0.1, 0.15) is 85.9 Å². The summed E-state index contributed by atoms with van der Waals surface area (Å²) in [5.74, 6) is -2.17. The lowest BCUT2D eigenvalue weighted by atomic mass is 10.00. The molecule has 0 bridgehead atoms. The van der Waals surface area contributed by atoms with Crippen molar-refractivity contribution in [1.82, 2.24) is 0 Å². The molecule has 0 fully saturated rings. The summed E-state index contributed by atoms with van der Waals surface area (Å²) in [5, 5.41) is 0. The standard InChI is InChI=1S/C25H32O4/c1-3-5-7-14-20-25(19-6-4-2,28-23(26)21-15-10-8-11-16-21)29-24(27)22-17-12-9-13-18-22/h8-13,15-18H,3-7,14,19-20H2,1-2H3. The molecular weight excluding hydrogens is 364 g/mol. The Hall–Kier alpha value is -2.62. The molecule has 0 unspecified atom stereocenters. The van der Waals surface area contributed by atoms with Gasteiger partial charge >= 0.3 is 11.9 Å². The van der Waals surface area contributed by atoms with Gasteiger partial charge in [-0.3, -0.25) is 0 Å². The van der Waals surface area contributed by atoms with Crippen molar-refractivity contribution in [3.8, 4) is 0 Å². The molecule has 0 heterocycles. The molecule has 2 aromatic rings. The second-order valence-corrected chi connectivity index (χ2v) is 7.34. The van der Waals surface area contributed by atoms with Crippen LogP contribution in [0, 0.1) is 0 Å². The second-order valence-electron chi connectivity index (χ2n) is 7.34. The second kappa shape index (κ2) is 12.1. The van der Waals surface area contributed by atoms with Crippen LogP contribution in [-0.4, -0.2) is 17.7 Å². The lowest BCUT2D eigenvalue weighted by Crippen LogP contribution is -2.40. The SMILES string of the molecule is CCCCCCC(CCCC)(OC(=O)c1ccccc1)OC(=O)c1ccccc1. The minimum atomic E-state index is -1.25. The molecule has 0 atom stereocenters. The van der Waals surface area contributed by atoms with Crippen molar-refractivity contribution in [2.45, 2.75) is 71.0 Å². The zero-order valence-electron chi connectivity index (χ0n) is 17.6. The number of carbonyl (C=O) groups is 2. The lowest BCUT2D eigenvalue weighted by Gasteiger charge is -2.33. The Bertz CT molecular complexity index is 686. The number of rotatable bonds is 12. The first-order valence-electron chi connectivity index (χ1n) is 10.7. The van der Waals surface area contributed by atoms with E-state index in [4.69, 9.17) is 9.47 Å². The van der Waals surface area contributed by atoms with Gasteiger partial charge in [-0.15, -0.1) is 0 Å². The average Bonchev–Trinajstić information content (AvgIpc) is 2.76. The van der Waals surface area contributed by atoms with E-state index in [0.29, 0.717) is 24.0 Å². The van der Waals surface area contributed by atoms with Gasteiger partial charge in [-0.1, -0.05) is 75.9 Å². The molecule has 4 heteroatoms. The van der Waals surface area contributed by atoms with Crippen LogP contribution >= 0.6 is 0 Å². The third-order valence-corrected chi connectivity index (χ3v) is 4.90. The highest BCUT2D eigenvalue weighted by Crippen LogP contribution is 2.30. The summed E-state index contributed by atoms with van der Waals surface area (Å²) >= 11 is 0. The number of ether oxygens (including phenoxy) is 2. The number of hydrogen-bond donors (Lipinski definition) is 0. The van der Waals surface area contributed by atoms with Crippen molar-refractivity contribution >= 4 is 11.9 Å². The van der Waals surface area contributed by atoms with E-state index < -0.39 is 17.7 Å². The predicted molar refractivity (Wildman–Crippen MR) is 115 cm³/mol. The zero-order chi connectivity index (χ0) is 21.0. The van der Waals surface area contributed by atoms with Gasteiger partial charge in [0, 0.05) is 12.8 Å². The molecular formula is C25H32O4. The van der Waals surface area contributed by atoms with Crippen molar-refractivity contribution in [3.05, 3.63) is 71.8 Å². The third kappa shape index (κ3) is 7.37. The van der Waals surface area contributed by atoms with E-state index >= 15 is 0 Å². The van der Waals surface area contributed by atoms with E-state index in [1.165, 1.54) is 0 Å². The molecule has 4 nitrogen and oxygen atoms in total. The number of hydrogen-bond acceptors (Lipinski definition) is 4. The molecule has 0 aromatic heterocycles. The molecule has 0 saturated carbocycles. The monoisotopic (exact) mass is 396 g/mol. The zero-order valence-corrected chi connectivity index (χ0v) is 17.6. The van der Waals surface area contributed by atoms with Gasteiger partial charge in [-0.2, -0.15) is 0 Å². The van der Waals surface area contributed by atoms with Crippen LogP contribution in [-0.2, 0) is 9.47 Å². The summed E-state index contributed by atoms with van der Waals surface area (Å²) in [4.78, 5) is 25.6.